The quantitative estimate of drug-likeness (QED) is 0.0416. The Morgan fingerprint density at radius 3 is 1.28 bits per heavy atom. The van der Waals surface area contributed by atoms with Crippen molar-refractivity contribution >= 4 is 41.8 Å². The van der Waals surface area contributed by atoms with Crippen molar-refractivity contribution in [1.82, 2.24) is 0 Å². The predicted molar refractivity (Wildman–Crippen MR) is 233 cm³/mol. The van der Waals surface area contributed by atoms with Crippen LogP contribution in [0.25, 0.3) is 0 Å². The van der Waals surface area contributed by atoms with Crippen molar-refractivity contribution in [2.24, 2.45) is 79.8 Å². The van der Waals surface area contributed by atoms with Crippen molar-refractivity contribution in [3.8, 4) is 0 Å². The minimum absolute atomic E-state index is 0.150. The molecule has 8 rings (SSSR count). The number of carboxylic acids is 3. The number of esters is 4. The van der Waals surface area contributed by atoms with E-state index in [1.54, 1.807) is 12.2 Å². The van der Waals surface area contributed by atoms with E-state index in [2.05, 4.69) is 32.9 Å². The highest BCUT2D eigenvalue weighted by Gasteiger charge is 2.62. The average molecular weight is 895 g/mol. The first-order valence-electron chi connectivity index (χ1n) is 23.2. The van der Waals surface area contributed by atoms with Crippen LogP contribution in [0.4, 0.5) is 0 Å². The minimum Gasteiger partial charge on any atom is -0.481 e. The van der Waals surface area contributed by atoms with Gasteiger partial charge < -0.3 is 35.0 Å². The molecule has 11 unspecified atom stereocenters. The van der Waals surface area contributed by atoms with E-state index in [-0.39, 0.29) is 24.5 Å². The molecule has 8 aliphatic carbocycles. The van der Waals surface area contributed by atoms with E-state index in [1.165, 1.54) is 0 Å². The molecule has 0 radical (unpaired) electrons. The first-order valence-corrected chi connectivity index (χ1v) is 23.2. The fraction of sp³-hybridized carbons (Fsp3) is 0.700. The Morgan fingerprint density at radius 1 is 0.641 bits per heavy atom. The highest BCUT2D eigenvalue weighted by Crippen LogP contribution is 2.62. The van der Waals surface area contributed by atoms with Gasteiger partial charge in [-0.3, -0.25) is 24.0 Å². The van der Waals surface area contributed by atoms with Crippen molar-refractivity contribution < 1.29 is 68.6 Å². The molecule has 0 aliphatic heterocycles. The molecular formula is C50H70O14. The molecule has 0 aromatic rings. The molecule has 0 spiro atoms. The van der Waals surface area contributed by atoms with Crippen molar-refractivity contribution in [1.29, 1.82) is 0 Å². The predicted octanol–water partition coefficient (Wildman–Crippen LogP) is 7.33. The third kappa shape index (κ3) is 9.19. The van der Waals surface area contributed by atoms with Crippen LogP contribution >= 0.6 is 0 Å². The molecule has 3 saturated carbocycles. The van der Waals surface area contributed by atoms with E-state index in [1.807, 2.05) is 39.8 Å². The maximum absolute atomic E-state index is 13.6. The maximum Gasteiger partial charge on any atom is 0.338 e. The molecule has 3 fully saturated rings. The third-order valence-electron chi connectivity index (χ3n) is 17.1. The topological polar surface area (TPSA) is 239 Å². The monoisotopic (exact) mass is 894 g/mol. The third-order valence-corrected chi connectivity index (χ3v) is 17.1. The second-order valence-corrected chi connectivity index (χ2v) is 20.9. The zero-order valence-electron chi connectivity index (χ0n) is 38.5. The first kappa shape index (κ1) is 50.6. The smallest absolute Gasteiger partial charge is 0.338 e. The molecule has 0 aromatic carbocycles. The molecule has 0 amide bonds. The number of hydrogen-bond donors (Lipinski definition) is 5. The van der Waals surface area contributed by atoms with Crippen molar-refractivity contribution in [2.45, 2.75) is 126 Å². The molecule has 64 heavy (non-hydrogen) atoms. The van der Waals surface area contributed by atoms with Crippen LogP contribution in [0, 0.1) is 79.8 Å². The Kier molecular flexibility index (Phi) is 15.2. The van der Waals surface area contributed by atoms with Gasteiger partial charge in [-0.1, -0.05) is 84.9 Å². The van der Waals surface area contributed by atoms with Crippen LogP contribution in [0.3, 0.4) is 0 Å². The average Bonchev–Trinajstić information content (AvgIpc) is 3.90. The summed E-state index contributed by atoms with van der Waals surface area (Å²) in [5, 5.41) is 50.3. The van der Waals surface area contributed by atoms with Crippen molar-refractivity contribution in [3.63, 3.8) is 0 Å². The van der Waals surface area contributed by atoms with Gasteiger partial charge in [-0.05, 0) is 117 Å². The van der Waals surface area contributed by atoms with E-state index >= 15 is 0 Å². The van der Waals surface area contributed by atoms with Gasteiger partial charge in [-0.15, -0.1) is 0 Å². The van der Waals surface area contributed by atoms with Crippen LogP contribution in [0.5, 0.6) is 0 Å². The number of aliphatic carboxylic acids is 3. The summed E-state index contributed by atoms with van der Waals surface area (Å²) in [4.78, 5) is 89.3. The normalized spacial score (nSPS) is 33.5. The molecule has 0 heterocycles. The number of rotatable bonds is 17. The molecule has 0 aromatic heterocycles. The Hall–Kier alpha value is -4.43. The fourth-order valence-corrected chi connectivity index (χ4v) is 12.9. The number of hydrogen-bond acceptors (Lipinski definition) is 11. The lowest BCUT2D eigenvalue weighted by molar-refractivity contribution is -0.176. The second-order valence-electron chi connectivity index (χ2n) is 20.9. The van der Waals surface area contributed by atoms with Gasteiger partial charge in [0.2, 0.25) is 0 Å². The highest BCUT2D eigenvalue weighted by molar-refractivity contribution is 6.01. The number of ether oxygens (including phenoxy) is 2. The summed E-state index contributed by atoms with van der Waals surface area (Å²) in [5.74, 6) is -12.5. The van der Waals surface area contributed by atoms with Crippen LogP contribution in [0.1, 0.15) is 126 Å². The zero-order chi connectivity index (χ0) is 47.6. The molecule has 6 bridgehead atoms. The van der Waals surface area contributed by atoms with Gasteiger partial charge in [-0.25, -0.2) is 9.59 Å². The fourth-order valence-electron chi connectivity index (χ4n) is 12.9. The molecule has 11 atom stereocenters. The number of aliphatic hydroxyl groups excluding tert-OH is 2. The Labute approximate surface area is 376 Å². The maximum atomic E-state index is 13.6. The Balaban J connectivity index is 0.000000463. The van der Waals surface area contributed by atoms with Gasteiger partial charge in [0.05, 0.1) is 29.1 Å². The zero-order valence-corrected chi connectivity index (χ0v) is 38.5. The molecule has 5 N–H and O–H groups in total. The van der Waals surface area contributed by atoms with Crippen LogP contribution in [-0.2, 0) is 43.0 Å². The van der Waals surface area contributed by atoms with Crippen molar-refractivity contribution in [3.05, 3.63) is 48.6 Å². The van der Waals surface area contributed by atoms with Crippen LogP contribution < -0.4 is 0 Å². The lowest BCUT2D eigenvalue weighted by Gasteiger charge is -2.53. The Bertz CT molecular complexity index is 1820. The summed E-state index contributed by atoms with van der Waals surface area (Å²) in [6.07, 6.45) is 19.7. The van der Waals surface area contributed by atoms with E-state index in [0.29, 0.717) is 82.3 Å². The number of allylic oxidation sites excluding steroid dienone is 6. The van der Waals surface area contributed by atoms with Gasteiger partial charge in [0, 0.05) is 36.2 Å². The van der Waals surface area contributed by atoms with Gasteiger partial charge in [0.1, 0.15) is 0 Å². The van der Waals surface area contributed by atoms with E-state index in [9.17, 15) is 59.1 Å². The molecule has 354 valence electrons. The summed E-state index contributed by atoms with van der Waals surface area (Å²) >= 11 is 0. The first-order chi connectivity index (χ1) is 30.0. The lowest BCUT2D eigenvalue weighted by atomic mass is 9.50. The summed E-state index contributed by atoms with van der Waals surface area (Å²) in [6, 6.07) is 0. The van der Waals surface area contributed by atoms with E-state index in [0.717, 1.165) is 12.8 Å². The Morgan fingerprint density at radius 2 is 1.05 bits per heavy atom. The van der Waals surface area contributed by atoms with Gasteiger partial charge in [-0.2, -0.15) is 0 Å². The SMILES string of the molecule is CC(C)(C)C1(C(=O)O)CC2C=CC1C2.CCC(CC)(CO)CC12C=CC(CC1)C(C(=O)O)C2C(=O)OC(=O)/C=C\C(=O)OC(=O)C1C(C(=O)O)C2C=CC1(CC(CC)(CC)CO)CC2. The molecule has 0 saturated heterocycles. The van der Waals surface area contributed by atoms with Gasteiger partial charge in [0.15, 0.2) is 0 Å². The summed E-state index contributed by atoms with van der Waals surface area (Å²) in [6.45, 7) is 13.5. The van der Waals surface area contributed by atoms with E-state index < -0.39 is 104 Å². The van der Waals surface area contributed by atoms with Crippen LogP contribution in [0.2, 0.25) is 0 Å². The van der Waals surface area contributed by atoms with Crippen LogP contribution in [-0.4, -0.2) is 80.5 Å². The number of carbonyl (C=O) groups is 7. The number of fused-ring (bicyclic) bond motifs is 6. The number of aliphatic hydroxyl groups is 2. The minimum atomic E-state index is -1.26. The highest BCUT2D eigenvalue weighted by atomic mass is 16.6. The summed E-state index contributed by atoms with van der Waals surface area (Å²) in [5.41, 5.74) is -3.75. The number of carboxylic acid groups (broad SMARTS) is 3. The standard InChI is InChI=1S/C38H52O12.C12H18O2/c1-5-35(6-2,21-39)19-37-15-11-23(12-16-37)27(31(43)44)29(37)33(47)49-25(41)9-10-26(42)50-34(48)30-28(32(45)46)24-13-17-38(30,18-14-24)20-36(7-3,8-4)22-40;1-11(2,3)12(10(13)14)7-8-4-5-9(12)6-8/h9-11,13,15,17,23-24,27-30,39-40H,5-8,12,14,16,18-22H2,1-4H3,(H,43,44)(H,45,46);4-5,8-9H,6-7H2,1-3H3,(H,13,14)/b10-9-;. The second kappa shape index (κ2) is 19.2. The van der Waals surface area contributed by atoms with E-state index in [4.69, 9.17) is 9.47 Å². The van der Waals surface area contributed by atoms with Crippen LogP contribution in [0.15, 0.2) is 48.6 Å². The molecule has 8 aliphatic rings. The number of carbonyl (C=O) groups excluding carboxylic acids is 4. The van der Waals surface area contributed by atoms with Gasteiger partial charge in [0.25, 0.3) is 0 Å². The molecule has 14 nitrogen and oxygen atoms in total. The summed E-state index contributed by atoms with van der Waals surface area (Å²) < 4.78 is 10.2. The largest absolute Gasteiger partial charge is 0.481 e. The lowest BCUT2D eigenvalue weighted by Crippen LogP contribution is -2.54. The van der Waals surface area contributed by atoms with Crippen molar-refractivity contribution in [2.75, 3.05) is 13.2 Å². The van der Waals surface area contributed by atoms with Gasteiger partial charge >= 0.3 is 41.8 Å². The molecule has 14 heteroatoms. The summed E-state index contributed by atoms with van der Waals surface area (Å²) in [7, 11) is 0. The molecular weight excluding hydrogens is 825 g/mol.